The summed E-state index contributed by atoms with van der Waals surface area (Å²) in [5.41, 5.74) is 0. The van der Waals surface area contributed by atoms with Gasteiger partial charge in [0, 0.05) is 18.8 Å². The molecule has 0 aromatic heterocycles. The molecule has 3 atom stereocenters. The molecule has 0 heterocycles. The number of hydrogen-bond donors (Lipinski definition) is 2. The fourth-order valence-corrected chi connectivity index (χ4v) is 2.44. The first kappa shape index (κ1) is 16.0. The average Bonchev–Trinajstić information content (AvgIpc) is 2.37. The number of rotatable bonds is 9. The summed E-state index contributed by atoms with van der Waals surface area (Å²) < 4.78 is 5.63. The molecule has 1 rings (SSSR count). The first-order valence-corrected chi connectivity index (χ1v) is 8.24. The molecular formula is C14H27NO2S. The van der Waals surface area contributed by atoms with Crippen LogP contribution < -0.4 is 5.32 Å². The van der Waals surface area contributed by atoms with Crippen LogP contribution in [-0.4, -0.2) is 49.5 Å². The number of allylic oxidation sites excluding steroid dienone is 2. The van der Waals surface area contributed by atoms with Crippen molar-refractivity contribution in [3.8, 4) is 0 Å². The first-order chi connectivity index (χ1) is 8.74. The maximum Gasteiger partial charge on any atom is 0.0897 e. The maximum atomic E-state index is 9.74. The highest BCUT2D eigenvalue weighted by Crippen LogP contribution is 2.24. The van der Waals surface area contributed by atoms with E-state index >= 15 is 0 Å². The van der Waals surface area contributed by atoms with Gasteiger partial charge in [-0.05, 0) is 30.9 Å². The van der Waals surface area contributed by atoms with E-state index in [4.69, 9.17) is 4.74 Å². The molecule has 3 unspecified atom stereocenters. The van der Waals surface area contributed by atoms with Crippen molar-refractivity contribution in [1.82, 2.24) is 5.32 Å². The van der Waals surface area contributed by atoms with Gasteiger partial charge in [-0.2, -0.15) is 11.8 Å². The van der Waals surface area contributed by atoms with Crippen molar-refractivity contribution in [2.75, 3.05) is 38.3 Å². The lowest BCUT2D eigenvalue weighted by atomic mass is 9.85. The summed E-state index contributed by atoms with van der Waals surface area (Å²) in [7, 11) is 0. The van der Waals surface area contributed by atoms with Crippen LogP contribution in [0.5, 0.6) is 0 Å². The molecule has 2 N–H and O–H groups in total. The number of aliphatic hydroxyl groups is 1. The van der Waals surface area contributed by atoms with Crippen LogP contribution in [0.3, 0.4) is 0 Å². The van der Waals surface area contributed by atoms with Crippen LogP contribution in [0.4, 0.5) is 0 Å². The predicted octanol–water partition coefficient (Wildman–Crippen LogP) is 1.92. The van der Waals surface area contributed by atoms with Gasteiger partial charge in [0.2, 0.25) is 0 Å². The Labute approximate surface area is 115 Å². The molecule has 0 bridgehead atoms. The van der Waals surface area contributed by atoms with Gasteiger partial charge in [0.05, 0.1) is 19.3 Å². The summed E-state index contributed by atoms with van der Waals surface area (Å²) in [4.78, 5) is 0. The summed E-state index contributed by atoms with van der Waals surface area (Å²) in [6.07, 6.45) is 8.47. The number of nitrogens with one attached hydrogen (secondary N) is 1. The second kappa shape index (κ2) is 9.84. The molecular weight excluding hydrogens is 246 g/mol. The topological polar surface area (TPSA) is 41.5 Å². The van der Waals surface area contributed by atoms with Crippen molar-refractivity contribution < 1.29 is 9.84 Å². The van der Waals surface area contributed by atoms with E-state index in [1.165, 1.54) is 0 Å². The third-order valence-corrected chi connectivity index (χ3v) is 4.04. The van der Waals surface area contributed by atoms with E-state index in [9.17, 15) is 5.11 Å². The van der Waals surface area contributed by atoms with Crippen LogP contribution in [-0.2, 0) is 4.74 Å². The molecule has 0 aromatic carbocycles. The van der Waals surface area contributed by atoms with Crippen LogP contribution in [0.15, 0.2) is 12.2 Å². The quantitative estimate of drug-likeness (QED) is 0.497. The zero-order chi connectivity index (χ0) is 13.2. The lowest BCUT2D eigenvalue weighted by molar-refractivity contribution is 0.0131. The van der Waals surface area contributed by atoms with Gasteiger partial charge in [-0.1, -0.05) is 19.1 Å². The molecule has 0 saturated carbocycles. The van der Waals surface area contributed by atoms with Crippen LogP contribution in [0.2, 0.25) is 0 Å². The SMILES string of the molecule is CSCCNCC(O)COCC1CC=CCC1C. The third-order valence-electron chi connectivity index (χ3n) is 3.42. The molecule has 0 aromatic rings. The fourth-order valence-electron chi connectivity index (χ4n) is 2.10. The first-order valence-electron chi connectivity index (χ1n) is 6.84. The predicted molar refractivity (Wildman–Crippen MR) is 79.1 cm³/mol. The van der Waals surface area contributed by atoms with E-state index in [1.54, 1.807) is 0 Å². The van der Waals surface area contributed by atoms with Gasteiger partial charge in [-0.25, -0.2) is 0 Å². The van der Waals surface area contributed by atoms with Gasteiger partial charge >= 0.3 is 0 Å². The highest BCUT2D eigenvalue weighted by molar-refractivity contribution is 7.98. The standard InChI is InChI=1S/C14H27NO2S/c1-12-5-3-4-6-13(12)10-17-11-14(16)9-15-7-8-18-2/h3-4,12-16H,5-11H2,1-2H3. The molecule has 0 aliphatic heterocycles. The van der Waals surface area contributed by atoms with Gasteiger partial charge in [0.1, 0.15) is 0 Å². The smallest absolute Gasteiger partial charge is 0.0897 e. The zero-order valence-electron chi connectivity index (χ0n) is 11.6. The second-order valence-electron chi connectivity index (χ2n) is 5.07. The minimum atomic E-state index is -0.388. The number of aliphatic hydroxyl groups excluding tert-OH is 1. The fraction of sp³-hybridized carbons (Fsp3) is 0.857. The minimum Gasteiger partial charge on any atom is -0.389 e. The maximum absolute atomic E-state index is 9.74. The van der Waals surface area contributed by atoms with Crippen molar-refractivity contribution in [1.29, 1.82) is 0 Å². The van der Waals surface area contributed by atoms with Gasteiger partial charge in [0.15, 0.2) is 0 Å². The minimum absolute atomic E-state index is 0.388. The van der Waals surface area contributed by atoms with E-state index in [0.29, 0.717) is 25.0 Å². The molecule has 0 amide bonds. The molecule has 106 valence electrons. The van der Waals surface area contributed by atoms with Crippen molar-refractivity contribution in [2.45, 2.75) is 25.9 Å². The third kappa shape index (κ3) is 6.78. The number of ether oxygens (including phenoxy) is 1. The Morgan fingerprint density at radius 1 is 1.44 bits per heavy atom. The summed E-state index contributed by atoms with van der Waals surface area (Å²) >= 11 is 1.81. The van der Waals surface area contributed by atoms with Crippen LogP contribution in [0.1, 0.15) is 19.8 Å². The van der Waals surface area contributed by atoms with Gasteiger partial charge in [-0.15, -0.1) is 0 Å². The van der Waals surface area contributed by atoms with Crippen molar-refractivity contribution in [2.24, 2.45) is 11.8 Å². The Morgan fingerprint density at radius 2 is 2.22 bits per heavy atom. The summed E-state index contributed by atoms with van der Waals surface area (Å²) in [5, 5.41) is 13.0. The lowest BCUT2D eigenvalue weighted by Gasteiger charge is -2.25. The summed E-state index contributed by atoms with van der Waals surface area (Å²) in [6.45, 7) is 5.06. The second-order valence-corrected chi connectivity index (χ2v) is 6.05. The van der Waals surface area contributed by atoms with Crippen molar-refractivity contribution in [3.63, 3.8) is 0 Å². The summed E-state index contributed by atoms with van der Waals surface area (Å²) in [5.74, 6) is 2.40. The van der Waals surface area contributed by atoms with Crippen LogP contribution in [0, 0.1) is 11.8 Å². The van der Waals surface area contributed by atoms with Gasteiger partial charge in [-0.3, -0.25) is 0 Å². The monoisotopic (exact) mass is 273 g/mol. The largest absolute Gasteiger partial charge is 0.389 e. The normalized spacial score (nSPS) is 25.3. The van der Waals surface area contributed by atoms with E-state index < -0.39 is 0 Å². The zero-order valence-corrected chi connectivity index (χ0v) is 12.4. The molecule has 18 heavy (non-hydrogen) atoms. The number of thioether (sulfide) groups is 1. The molecule has 3 nitrogen and oxygen atoms in total. The van der Waals surface area contributed by atoms with Gasteiger partial charge in [0.25, 0.3) is 0 Å². The molecule has 0 spiro atoms. The van der Waals surface area contributed by atoms with Crippen molar-refractivity contribution in [3.05, 3.63) is 12.2 Å². The van der Waals surface area contributed by atoms with Crippen molar-refractivity contribution >= 4 is 11.8 Å². The van der Waals surface area contributed by atoms with E-state index in [1.807, 2.05) is 11.8 Å². The lowest BCUT2D eigenvalue weighted by Crippen LogP contribution is -2.32. The summed E-state index contributed by atoms with van der Waals surface area (Å²) in [6, 6.07) is 0. The average molecular weight is 273 g/mol. The Morgan fingerprint density at radius 3 is 2.94 bits per heavy atom. The van der Waals surface area contributed by atoms with E-state index in [0.717, 1.165) is 31.7 Å². The molecule has 0 fully saturated rings. The van der Waals surface area contributed by atoms with Crippen LogP contribution in [0.25, 0.3) is 0 Å². The van der Waals surface area contributed by atoms with E-state index in [2.05, 4.69) is 30.6 Å². The highest BCUT2D eigenvalue weighted by atomic mass is 32.2. The Kier molecular flexibility index (Phi) is 8.76. The Hall–Kier alpha value is -0.0300. The highest BCUT2D eigenvalue weighted by Gasteiger charge is 2.18. The molecule has 0 saturated heterocycles. The van der Waals surface area contributed by atoms with E-state index in [-0.39, 0.29) is 6.10 Å². The number of hydrogen-bond acceptors (Lipinski definition) is 4. The van der Waals surface area contributed by atoms with Crippen LogP contribution >= 0.6 is 11.8 Å². The molecule has 1 aliphatic rings. The Bertz CT molecular complexity index is 236. The Balaban J connectivity index is 2.01. The molecule has 1 aliphatic carbocycles. The van der Waals surface area contributed by atoms with Gasteiger partial charge < -0.3 is 15.2 Å². The molecule has 4 heteroatoms. The molecule has 0 radical (unpaired) electrons.